The van der Waals surface area contributed by atoms with Crippen molar-refractivity contribution >= 4 is 6.09 Å². The summed E-state index contributed by atoms with van der Waals surface area (Å²) in [4.78, 5) is 19.6. The maximum Gasteiger partial charge on any atom is 0.407 e. The maximum absolute atomic E-state index is 11.2. The summed E-state index contributed by atoms with van der Waals surface area (Å²) in [5.41, 5.74) is 3.09. The summed E-state index contributed by atoms with van der Waals surface area (Å²) in [6, 6.07) is 8.48. The van der Waals surface area contributed by atoms with E-state index in [4.69, 9.17) is 4.74 Å². The van der Waals surface area contributed by atoms with Gasteiger partial charge in [0.05, 0.1) is 13.2 Å². The normalized spacial score (nSPS) is 11.9. The first kappa shape index (κ1) is 17.7. The summed E-state index contributed by atoms with van der Waals surface area (Å²) in [6.07, 6.45) is 3.87. The van der Waals surface area contributed by atoms with Crippen LogP contribution >= 0.6 is 0 Å². The lowest BCUT2D eigenvalue weighted by Gasteiger charge is -2.13. The smallest absolute Gasteiger partial charge is 0.407 e. The molecule has 128 valence electrons. The first-order valence-corrected chi connectivity index (χ1v) is 7.90. The fourth-order valence-corrected chi connectivity index (χ4v) is 2.23. The molecule has 0 aliphatic carbocycles. The van der Waals surface area contributed by atoms with E-state index >= 15 is 0 Å². The van der Waals surface area contributed by atoms with Crippen LogP contribution < -0.4 is 10.1 Å². The molecule has 0 aliphatic rings. The summed E-state index contributed by atoms with van der Waals surface area (Å²) in [6.45, 7) is 5.81. The average Bonchev–Trinajstić information content (AvgIpc) is 2.55. The zero-order valence-corrected chi connectivity index (χ0v) is 14.4. The highest BCUT2D eigenvalue weighted by Crippen LogP contribution is 2.20. The van der Waals surface area contributed by atoms with Gasteiger partial charge in [0.15, 0.2) is 0 Å². The van der Waals surface area contributed by atoms with Gasteiger partial charge in [0.25, 0.3) is 0 Å². The number of ether oxygens (including phenoxy) is 2. The van der Waals surface area contributed by atoms with Crippen LogP contribution in [0.25, 0.3) is 11.1 Å². The minimum atomic E-state index is -0.417. The number of carbonyl (C=O) groups excluding carboxylic acids is 1. The Bertz CT molecular complexity index is 654. The van der Waals surface area contributed by atoms with Gasteiger partial charge < -0.3 is 14.8 Å². The van der Waals surface area contributed by atoms with Gasteiger partial charge in [-0.2, -0.15) is 0 Å². The molecule has 1 atom stereocenters. The topological polar surface area (TPSA) is 73.3 Å². The third-order valence-corrected chi connectivity index (χ3v) is 3.35. The number of nitrogens with zero attached hydrogens (tertiary/aromatic N) is 2. The van der Waals surface area contributed by atoms with Gasteiger partial charge in [-0.3, -0.25) is 0 Å². The predicted molar refractivity (Wildman–Crippen MR) is 91.9 cm³/mol. The van der Waals surface area contributed by atoms with Gasteiger partial charge >= 0.3 is 12.1 Å². The Hall–Kier alpha value is -2.63. The van der Waals surface area contributed by atoms with Gasteiger partial charge in [-0.1, -0.05) is 24.3 Å². The fraction of sp³-hybridized carbons (Fsp3) is 0.389. The molecule has 1 amide bonds. The number of benzene rings is 1. The summed E-state index contributed by atoms with van der Waals surface area (Å²) in [7, 11) is 1.36. The molecule has 1 aromatic heterocycles. The molecule has 1 heterocycles. The molecular formula is C18H23N3O3. The highest BCUT2D eigenvalue weighted by molar-refractivity contribution is 5.67. The molecule has 0 saturated heterocycles. The van der Waals surface area contributed by atoms with E-state index in [-0.39, 0.29) is 12.1 Å². The largest absolute Gasteiger partial charge is 0.461 e. The quantitative estimate of drug-likeness (QED) is 0.881. The van der Waals surface area contributed by atoms with Crippen LogP contribution in [-0.2, 0) is 11.2 Å². The standard InChI is InChI=1S/C18H23N3O3/c1-12(2)24-17-19-10-16(11-20-17)15-7-5-14(6-8-15)9-13(3)21-18(22)23-4/h5-8,10-13H,9H2,1-4H3,(H,21,22). The number of aromatic nitrogens is 2. The Balaban J connectivity index is 1.99. The minimum absolute atomic E-state index is 0.000834. The van der Waals surface area contributed by atoms with E-state index < -0.39 is 6.09 Å². The van der Waals surface area contributed by atoms with Crippen molar-refractivity contribution in [2.75, 3.05) is 7.11 Å². The molecule has 24 heavy (non-hydrogen) atoms. The second-order valence-corrected chi connectivity index (χ2v) is 5.86. The van der Waals surface area contributed by atoms with Crippen LogP contribution in [-0.4, -0.2) is 35.3 Å². The van der Waals surface area contributed by atoms with Gasteiger partial charge in [0.2, 0.25) is 0 Å². The number of methoxy groups -OCH3 is 1. The molecule has 1 aromatic carbocycles. The highest BCUT2D eigenvalue weighted by atomic mass is 16.5. The Morgan fingerprint density at radius 3 is 2.25 bits per heavy atom. The van der Waals surface area contributed by atoms with Crippen molar-refractivity contribution in [3.8, 4) is 17.1 Å². The number of nitrogens with one attached hydrogen (secondary N) is 1. The Morgan fingerprint density at radius 1 is 1.08 bits per heavy atom. The van der Waals surface area contributed by atoms with Crippen LogP contribution in [0.1, 0.15) is 26.3 Å². The van der Waals surface area contributed by atoms with E-state index in [1.165, 1.54) is 7.11 Å². The van der Waals surface area contributed by atoms with E-state index in [1.807, 2.05) is 45.0 Å². The molecule has 0 spiro atoms. The maximum atomic E-state index is 11.2. The molecule has 2 rings (SSSR count). The van der Waals surface area contributed by atoms with Crippen LogP contribution in [0.3, 0.4) is 0 Å². The van der Waals surface area contributed by atoms with Crippen LogP contribution in [0.15, 0.2) is 36.7 Å². The molecule has 1 unspecified atom stereocenters. The molecule has 1 N–H and O–H groups in total. The van der Waals surface area contributed by atoms with Crippen molar-refractivity contribution in [2.45, 2.75) is 39.3 Å². The summed E-state index contributed by atoms with van der Waals surface area (Å²) < 4.78 is 10.0. The predicted octanol–water partition coefficient (Wildman–Crippen LogP) is 3.22. The Labute approximate surface area is 142 Å². The summed E-state index contributed by atoms with van der Waals surface area (Å²) in [5, 5.41) is 2.75. The van der Waals surface area contributed by atoms with E-state index in [1.54, 1.807) is 12.4 Å². The van der Waals surface area contributed by atoms with Crippen LogP contribution in [0.5, 0.6) is 6.01 Å². The van der Waals surface area contributed by atoms with E-state index in [0.29, 0.717) is 6.01 Å². The van der Waals surface area contributed by atoms with Gasteiger partial charge in [-0.15, -0.1) is 0 Å². The Kier molecular flexibility index (Phi) is 6.12. The van der Waals surface area contributed by atoms with Crippen molar-refractivity contribution in [3.05, 3.63) is 42.2 Å². The van der Waals surface area contributed by atoms with Crippen molar-refractivity contribution in [1.82, 2.24) is 15.3 Å². The number of hydrogen-bond acceptors (Lipinski definition) is 5. The van der Waals surface area contributed by atoms with Crippen molar-refractivity contribution in [3.63, 3.8) is 0 Å². The molecule has 0 radical (unpaired) electrons. The van der Waals surface area contributed by atoms with Crippen LogP contribution in [0.4, 0.5) is 4.79 Å². The van der Waals surface area contributed by atoms with Crippen LogP contribution in [0, 0.1) is 0 Å². The van der Waals surface area contributed by atoms with Crippen molar-refractivity contribution < 1.29 is 14.3 Å². The fourth-order valence-electron chi connectivity index (χ4n) is 2.23. The number of rotatable bonds is 6. The van der Waals surface area contributed by atoms with Gasteiger partial charge in [0.1, 0.15) is 0 Å². The van der Waals surface area contributed by atoms with Gasteiger partial charge in [0, 0.05) is 24.0 Å². The summed E-state index contributed by atoms with van der Waals surface area (Å²) in [5.74, 6) is 0. The zero-order valence-electron chi connectivity index (χ0n) is 14.4. The van der Waals surface area contributed by atoms with Crippen molar-refractivity contribution in [2.24, 2.45) is 0 Å². The Morgan fingerprint density at radius 2 is 1.71 bits per heavy atom. The second-order valence-electron chi connectivity index (χ2n) is 5.86. The molecule has 2 aromatic rings. The first-order valence-electron chi connectivity index (χ1n) is 7.90. The van der Waals surface area contributed by atoms with Gasteiger partial charge in [-0.05, 0) is 38.3 Å². The second kappa shape index (κ2) is 8.29. The highest BCUT2D eigenvalue weighted by Gasteiger charge is 2.08. The first-order chi connectivity index (χ1) is 11.5. The number of carbonyl (C=O) groups is 1. The lowest BCUT2D eigenvalue weighted by molar-refractivity contribution is 0.167. The minimum Gasteiger partial charge on any atom is -0.461 e. The SMILES string of the molecule is COC(=O)NC(C)Cc1ccc(-c2cnc(OC(C)C)nc2)cc1. The molecule has 0 saturated carbocycles. The molecule has 0 bridgehead atoms. The molecule has 6 heteroatoms. The van der Waals surface area contributed by atoms with Crippen LogP contribution in [0.2, 0.25) is 0 Å². The lowest BCUT2D eigenvalue weighted by atomic mass is 10.0. The van der Waals surface area contributed by atoms with E-state index in [9.17, 15) is 4.79 Å². The number of hydrogen-bond donors (Lipinski definition) is 1. The molecule has 0 aliphatic heterocycles. The van der Waals surface area contributed by atoms with Crippen molar-refractivity contribution in [1.29, 1.82) is 0 Å². The third-order valence-electron chi connectivity index (χ3n) is 3.35. The summed E-state index contributed by atoms with van der Waals surface area (Å²) >= 11 is 0. The zero-order chi connectivity index (χ0) is 17.5. The average molecular weight is 329 g/mol. The third kappa shape index (κ3) is 5.22. The number of alkyl carbamates (subject to hydrolysis) is 1. The monoisotopic (exact) mass is 329 g/mol. The van der Waals surface area contributed by atoms with Gasteiger partial charge in [-0.25, -0.2) is 14.8 Å². The number of amides is 1. The van der Waals surface area contributed by atoms with E-state index in [2.05, 4.69) is 20.0 Å². The van der Waals surface area contributed by atoms with E-state index in [0.717, 1.165) is 23.1 Å². The molecule has 6 nitrogen and oxygen atoms in total. The molecular weight excluding hydrogens is 306 g/mol. The lowest BCUT2D eigenvalue weighted by Crippen LogP contribution is -2.33. The molecule has 0 fully saturated rings.